The number of amides is 1. The number of carbonyl (C=O) groups excluding carboxylic acids is 1. The Labute approximate surface area is 107 Å². The van der Waals surface area contributed by atoms with E-state index in [-0.39, 0.29) is 23.5 Å². The van der Waals surface area contributed by atoms with Gasteiger partial charge in [-0.3, -0.25) is 4.79 Å². The van der Waals surface area contributed by atoms with Gasteiger partial charge in [0, 0.05) is 18.6 Å². The highest BCUT2D eigenvalue weighted by Gasteiger charge is 2.49. The highest BCUT2D eigenvalue weighted by molar-refractivity contribution is 5.92. The number of anilines is 1. The molecule has 0 aromatic carbocycles. The van der Waals surface area contributed by atoms with Gasteiger partial charge in [0.25, 0.3) is 5.91 Å². The Morgan fingerprint density at radius 2 is 2.28 bits per heavy atom. The van der Waals surface area contributed by atoms with Gasteiger partial charge >= 0.3 is 0 Å². The first-order valence-corrected chi connectivity index (χ1v) is 6.01. The predicted octanol–water partition coefficient (Wildman–Crippen LogP) is 1.21. The first kappa shape index (κ1) is 12.8. The van der Waals surface area contributed by atoms with Gasteiger partial charge in [-0.1, -0.05) is 19.9 Å². The quantitative estimate of drug-likeness (QED) is 0.844. The molecule has 1 aliphatic rings. The third-order valence-electron chi connectivity index (χ3n) is 3.77. The van der Waals surface area contributed by atoms with Crippen molar-refractivity contribution < 1.29 is 9.53 Å². The molecule has 1 fully saturated rings. The molecule has 2 unspecified atom stereocenters. The summed E-state index contributed by atoms with van der Waals surface area (Å²) in [5.41, 5.74) is 5.86. The fourth-order valence-electron chi connectivity index (χ4n) is 2.34. The average Bonchev–Trinajstić information content (AvgIpc) is 2.33. The Kier molecular flexibility index (Phi) is 3.26. The molecule has 0 saturated heterocycles. The van der Waals surface area contributed by atoms with Crippen LogP contribution in [0.3, 0.4) is 0 Å². The van der Waals surface area contributed by atoms with Crippen LogP contribution in [0.2, 0.25) is 0 Å². The van der Waals surface area contributed by atoms with Gasteiger partial charge in [0.05, 0.1) is 6.10 Å². The van der Waals surface area contributed by atoms with Crippen LogP contribution in [0.25, 0.3) is 0 Å². The third kappa shape index (κ3) is 2.18. The monoisotopic (exact) mass is 249 g/mol. The van der Waals surface area contributed by atoms with Crippen molar-refractivity contribution in [1.82, 2.24) is 10.3 Å². The summed E-state index contributed by atoms with van der Waals surface area (Å²) in [5, 5.41) is 2.98. The summed E-state index contributed by atoms with van der Waals surface area (Å²) >= 11 is 0. The number of nitrogen functional groups attached to an aromatic ring is 1. The molecule has 2 rings (SSSR count). The third-order valence-corrected chi connectivity index (χ3v) is 3.77. The lowest BCUT2D eigenvalue weighted by molar-refractivity contribution is -0.0942. The second-order valence-corrected chi connectivity index (χ2v) is 5.26. The van der Waals surface area contributed by atoms with Crippen molar-refractivity contribution in [3.05, 3.63) is 23.9 Å². The highest BCUT2D eigenvalue weighted by Crippen LogP contribution is 2.42. The molecule has 1 aromatic heterocycles. The largest absolute Gasteiger partial charge is 0.384 e. The zero-order valence-corrected chi connectivity index (χ0v) is 10.9. The number of ether oxygens (including phenoxy) is 1. The van der Waals surface area contributed by atoms with Gasteiger partial charge in [-0.2, -0.15) is 0 Å². The topological polar surface area (TPSA) is 77.2 Å². The molecule has 5 nitrogen and oxygen atoms in total. The van der Waals surface area contributed by atoms with E-state index in [1.807, 2.05) is 0 Å². The summed E-state index contributed by atoms with van der Waals surface area (Å²) in [7, 11) is 1.70. The Hall–Kier alpha value is -1.62. The molecule has 0 radical (unpaired) electrons. The van der Waals surface area contributed by atoms with Crippen LogP contribution in [0.5, 0.6) is 0 Å². The van der Waals surface area contributed by atoms with Crippen LogP contribution in [0.4, 0.5) is 5.82 Å². The van der Waals surface area contributed by atoms with Gasteiger partial charge in [0.15, 0.2) is 0 Å². The average molecular weight is 249 g/mol. The predicted molar refractivity (Wildman–Crippen MR) is 69.1 cm³/mol. The highest BCUT2D eigenvalue weighted by atomic mass is 16.5. The fourth-order valence-corrected chi connectivity index (χ4v) is 2.34. The van der Waals surface area contributed by atoms with Crippen molar-refractivity contribution in [2.75, 3.05) is 12.8 Å². The van der Waals surface area contributed by atoms with E-state index in [9.17, 15) is 4.79 Å². The van der Waals surface area contributed by atoms with E-state index in [2.05, 4.69) is 24.1 Å². The molecule has 1 amide bonds. The number of carbonyl (C=O) groups is 1. The van der Waals surface area contributed by atoms with E-state index in [0.29, 0.717) is 11.5 Å². The first-order valence-electron chi connectivity index (χ1n) is 6.01. The summed E-state index contributed by atoms with van der Waals surface area (Å²) in [5.74, 6) is 0.167. The van der Waals surface area contributed by atoms with E-state index in [0.717, 1.165) is 6.42 Å². The van der Waals surface area contributed by atoms with Crippen molar-refractivity contribution >= 4 is 11.7 Å². The minimum Gasteiger partial charge on any atom is -0.384 e. The number of nitrogens with two attached hydrogens (primary N) is 1. The van der Waals surface area contributed by atoms with Gasteiger partial charge in [-0.05, 0) is 18.6 Å². The second kappa shape index (κ2) is 4.57. The van der Waals surface area contributed by atoms with Gasteiger partial charge < -0.3 is 15.8 Å². The molecule has 2 atom stereocenters. The smallest absolute Gasteiger partial charge is 0.270 e. The molecule has 3 N–H and O–H groups in total. The van der Waals surface area contributed by atoms with Gasteiger partial charge in [0.2, 0.25) is 0 Å². The van der Waals surface area contributed by atoms with Crippen LogP contribution < -0.4 is 11.1 Å². The van der Waals surface area contributed by atoms with E-state index in [1.165, 1.54) is 0 Å². The molecule has 98 valence electrons. The van der Waals surface area contributed by atoms with Crippen molar-refractivity contribution in [1.29, 1.82) is 0 Å². The minimum absolute atomic E-state index is 0.0509. The summed E-state index contributed by atoms with van der Waals surface area (Å²) < 4.78 is 5.35. The van der Waals surface area contributed by atoms with Crippen molar-refractivity contribution in [2.24, 2.45) is 5.41 Å². The lowest BCUT2D eigenvalue weighted by Gasteiger charge is -2.51. The number of nitrogens with one attached hydrogen (secondary N) is 1. The van der Waals surface area contributed by atoms with Gasteiger partial charge in [0.1, 0.15) is 11.5 Å². The van der Waals surface area contributed by atoms with Crippen LogP contribution in [0.15, 0.2) is 18.2 Å². The number of pyridine rings is 1. The maximum Gasteiger partial charge on any atom is 0.270 e. The molecule has 1 aliphatic carbocycles. The number of nitrogens with zero attached hydrogens (tertiary/aromatic N) is 1. The molecule has 0 spiro atoms. The standard InChI is InChI=1S/C13H19N3O2/c1-13(2)9(7-10(13)18-3)16-12(17)8-5-4-6-11(14)15-8/h4-6,9-10H,7H2,1-3H3,(H2,14,15)(H,16,17). The maximum absolute atomic E-state index is 12.0. The molecule has 1 aromatic rings. The lowest BCUT2D eigenvalue weighted by atomic mass is 9.64. The molecular formula is C13H19N3O2. The number of methoxy groups -OCH3 is 1. The molecule has 18 heavy (non-hydrogen) atoms. The summed E-state index contributed by atoms with van der Waals surface area (Å²) in [4.78, 5) is 16.0. The van der Waals surface area contributed by atoms with Crippen LogP contribution in [0, 0.1) is 5.41 Å². The summed E-state index contributed by atoms with van der Waals surface area (Å²) in [6.07, 6.45) is 1.02. The molecule has 0 aliphatic heterocycles. The zero-order valence-electron chi connectivity index (χ0n) is 10.9. The Bertz CT molecular complexity index is 459. The lowest BCUT2D eigenvalue weighted by Crippen LogP contribution is -2.61. The molecule has 1 heterocycles. The Morgan fingerprint density at radius 3 is 2.83 bits per heavy atom. The van der Waals surface area contributed by atoms with Gasteiger partial charge in [-0.25, -0.2) is 4.98 Å². The van der Waals surface area contributed by atoms with E-state index < -0.39 is 0 Å². The van der Waals surface area contributed by atoms with Crippen molar-refractivity contribution in [3.63, 3.8) is 0 Å². The Balaban J connectivity index is 2.01. The number of aromatic nitrogens is 1. The first-order chi connectivity index (χ1) is 8.45. The maximum atomic E-state index is 12.0. The number of hydrogen-bond acceptors (Lipinski definition) is 4. The van der Waals surface area contributed by atoms with Crippen LogP contribution in [0.1, 0.15) is 30.8 Å². The molecule has 1 saturated carbocycles. The fraction of sp³-hybridized carbons (Fsp3) is 0.538. The van der Waals surface area contributed by atoms with Gasteiger partial charge in [-0.15, -0.1) is 0 Å². The van der Waals surface area contributed by atoms with Crippen LogP contribution in [-0.4, -0.2) is 30.1 Å². The molecule has 0 bridgehead atoms. The second-order valence-electron chi connectivity index (χ2n) is 5.26. The van der Waals surface area contributed by atoms with E-state index in [4.69, 9.17) is 10.5 Å². The molecular weight excluding hydrogens is 230 g/mol. The number of rotatable bonds is 3. The summed E-state index contributed by atoms with van der Waals surface area (Å²) in [6.45, 7) is 4.17. The van der Waals surface area contributed by atoms with Crippen molar-refractivity contribution in [3.8, 4) is 0 Å². The minimum atomic E-state index is -0.185. The van der Waals surface area contributed by atoms with Crippen molar-refractivity contribution in [2.45, 2.75) is 32.4 Å². The van der Waals surface area contributed by atoms with Crippen LogP contribution >= 0.6 is 0 Å². The summed E-state index contributed by atoms with van der Waals surface area (Å²) in [6, 6.07) is 5.15. The van der Waals surface area contributed by atoms with Crippen LogP contribution in [-0.2, 0) is 4.74 Å². The molecule has 5 heteroatoms. The van der Waals surface area contributed by atoms with E-state index >= 15 is 0 Å². The zero-order chi connectivity index (χ0) is 13.3. The SMILES string of the molecule is COC1CC(NC(=O)c2cccc(N)n2)C1(C)C. The Morgan fingerprint density at radius 1 is 1.56 bits per heavy atom. The number of hydrogen-bond donors (Lipinski definition) is 2. The normalized spacial score (nSPS) is 25.3. The van der Waals surface area contributed by atoms with E-state index in [1.54, 1.807) is 25.3 Å².